The van der Waals surface area contributed by atoms with Crippen LogP contribution < -0.4 is 16.4 Å². The molecule has 1 aromatic heterocycles. The van der Waals surface area contributed by atoms with Crippen molar-refractivity contribution in [3.05, 3.63) is 30.1 Å². The third kappa shape index (κ3) is 7.61. The summed E-state index contributed by atoms with van der Waals surface area (Å²) in [5.74, 6) is -0.450. The van der Waals surface area contributed by atoms with Crippen molar-refractivity contribution in [1.82, 2.24) is 15.6 Å². The second-order valence-electron chi connectivity index (χ2n) is 3.58. The average Bonchev–Trinajstić information content (AvgIpc) is 2.35. The van der Waals surface area contributed by atoms with E-state index in [1.54, 1.807) is 25.3 Å². The summed E-state index contributed by atoms with van der Waals surface area (Å²) in [6, 6.07) is 2.82. The Morgan fingerprint density at radius 1 is 1.32 bits per heavy atom. The Morgan fingerprint density at radius 3 is 2.47 bits per heavy atom. The van der Waals surface area contributed by atoms with Gasteiger partial charge in [-0.3, -0.25) is 14.6 Å². The van der Waals surface area contributed by atoms with Crippen molar-refractivity contribution in [2.45, 2.75) is 13.0 Å². The average molecular weight is 309 g/mol. The molecule has 0 saturated carbocycles. The molecule has 1 rings (SSSR count). The van der Waals surface area contributed by atoms with E-state index in [2.05, 4.69) is 15.6 Å². The maximum absolute atomic E-state index is 11.5. The standard InChI is InChI=1S/C11H16N4O2.2ClH/c1-8(12)10(16)14-5-6-15-11(17)9-3-2-4-13-7-9;;/h2-4,7-8H,5-6,12H2,1H3,(H,14,16)(H,15,17);2*1H/t8-;;/m1../s1. The first-order valence-electron chi connectivity index (χ1n) is 5.33. The quantitative estimate of drug-likeness (QED) is 0.673. The molecule has 4 N–H and O–H groups in total. The van der Waals surface area contributed by atoms with E-state index >= 15 is 0 Å². The van der Waals surface area contributed by atoms with Crippen molar-refractivity contribution in [3.8, 4) is 0 Å². The van der Waals surface area contributed by atoms with Crippen LogP contribution in [0, 0.1) is 0 Å². The highest BCUT2D eigenvalue weighted by atomic mass is 35.5. The number of pyridine rings is 1. The predicted octanol–water partition coefficient (Wildman–Crippen LogP) is 0.118. The van der Waals surface area contributed by atoms with Crippen LogP contribution in [0.5, 0.6) is 0 Å². The fourth-order valence-corrected chi connectivity index (χ4v) is 1.12. The molecule has 108 valence electrons. The first-order chi connectivity index (χ1) is 8.11. The Balaban J connectivity index is 0. The van der Waals surface area contributed by atoms with E-state index in [0.29, 0.717) is 18.7 Å². The number of halogens is 2. The molecule has 6 nitrogen and oxygen atoms in total. The largest absolute Gasteiger partial charge is 0.353 e. The maximum Gasteiger partial charge on any atom is 0.252 e. The van der Waals surface area contributed by atoms with Crippen molar-refractivity contribution < 1.29 is 9.59 Å². The summed E-state index contributed by atoms with van der Waals surface area (Å²) in [6.45, 7) is 2.31. The number of carbonyl (C=O) groups is 2. The monoisotopic (exact) mass is 308 g/mol. The fourth-order valence-electron chi connectivity index (χ4n) is 1.12. The molecule has 19 heavy (non-hydrogen) atoms. The fraction of sp³-hybridized carbons (Fsp3) is 0.364. The topological polar surface area (TPSA) is 97.1 Å². The van der Waals surface area contributed by atoms with E-state index in [1.807, 2.05) is 0 Å². The Kier molecular flexibility index (Phi) is 11.1. The van der Waals surface area contributed by atoms with Gasteiger partial charge >= 0.3 is 0 Å². The van der Waals surface area contributed by atoms with E-state index in [1.165, 1.54) is 6.20 Å². The Morgan fingerprint density at radius 2 is 1.95 bits per heavy atom. The molecule has 0 saturated heterocycles. The van der Waals surface area contributed by atoms with Gasteiger partial charge in [0.25, 0.3) is 5.91 Å². The van der Waals surface area contributed by atoms with Crippen LogP contribution in [-0.2, 0) is 4.79 Å². The van der Waals surface area contributed by atoms with E-state index in [0.717, 1.165) is 0 Å². The highest BCUT2D eigenvalue weighted by molar-refractivity contribution is 5.93. The zero-order valence-electron chi connectivity index (χ0n) is 10.5. The molecule has 1 aromatic rings. The second-order valence-corrected chi connectivity index (χ2v) is 3.58. The van der Waals surface area contributed by atoms with Gasteiger partial charge in [0.15, 0.2) is 0 Å². The van der Waals surface area contributed by atoms with E-state index < -0.39 is 6.04 Å². The van der Waals surface area contributed by atoms with Gasteiger partial charge in [0.1, 0.15) is 0 Å². The van der Waals surface area contributed by atoms with Crippen molar-refractivity contribution in [1.29, 1.82) is 0 Å². The first kappa shape index (κ1) is 20.0. The smallest absolute Gasteiger partial charge is 0.252 e. The number of rotatable bonds is 5. The molecule has 0 spiro atoms. The second kappa shape index (κ2) is 10.5. The minimum absolute atomic E-state index is 0. The minimum atomic E-state index is -0.538. The van der Waals surface area contributed by atoms with Gasteiger partial charge < -0.3 is 16.4 Å². The van der Waals surface area contributed by atoms with Gasteiger partial charge in [-0.2, -0.15) is 0 Å². The van der Waals surface area contributed by atoms with Crippen molar-refractivity contribution in [3.63, 3.8) is 0 Å². The summed E-state index contributed by atoms with van der Waals surface area (Å²) >= 11 is 0. The summed E-state index contributed by atoms with van der Waals surface area (Å²) in [5.41, 5.74) is 5.85. The van der Waals surface area contributed by atoms with Gasteiger partial charge in [0.05, 0.1) is 11.6 Å². The Hall–Kier alpha value is -1.37. The van der Waals surface area contributed by atoms with Crippen LogP contribution in [0.4, 0.5) is 0 Å². The highest BCUT2D eigenvalue weighted by Gasteiger charge is 2.07. The normalized spacial score (nSPS) is 10.4. The van der Waals surface area contributed by atoms with Crippen molar-refractivity contribution in [2.24, 2.45) is 5.73 Å². The lowest BCUT2D eigenvalue weighted by atomic mass is 10.3. The number of nitrogens with one attached hydrogen (secondary N) is 2. The summed E-state index contributed by atoms with van der Waals surface area (Å²) in [6.07, 6.45) is 3.08. The van der Waals surface area contributed by atoms with Gasteiger partial charge in [-0.1, -0.05) is 0 Å². The summed E-state index contributed by atoms with van der Waals surface area (Å²) < 4.78 is 0. The molecule has 0 fully saturated rings. The van der Waals surface area contributed by atoms with Crippen LogP contribution in [0.1, 0.15) is 17.3 Å². The Labute approximate surface area is 124 Å². The SMILES string of the molecule is C[C@@H](N)C(=O)NCCNC(=O)c1cccnc1.Cl.Cl. The van der Waals surface area contributed by atoms with Crippen LogP contribution in [0.25, 0.3) is 0 Å². The summed E-state index contributed by atoms with van der Waals surface area (Å²) in [5, 5.41) is 5.25. The first-order valence-corrected chi connectivity index (χ1v) is 5.33. The van der Waals surface area contributed by atoms with Crippen LogP contribution in [0.3, 0.4) is 0 Å². The lowest BCUT2D eigenvalue weighted by molar-refractivity contribution is -0.121. The molecule has 0 aliphatic heterocycles. The van der Waals surface area contributed by atoms with Gasteiger partial charge in [0, 0.05) is 25.5 Å². The zero-order chi connectivity index (χ0) is 12.7. The van der Waals surface area contributed by atoms with Gasteiger partial charge in [-0.25, -0.2) is 0 Å². The maximum atomic E-state index is 11.5. The molecular weight excluding hydrogens is 291 g/mol. The lowest BCUT2D eigenvalue weighted by Crippen LogP contribution is -2.42. The van der Waals surface area contributed by atoms with Crippen molar-refractivity contribution in [2.75, 3.05) is 13.1 Å². The third-order valence-electron chi connectivity index (χ3n) is 2.05. The summed E-state index contributed by atoms with van der Waals surface area (Å²) in [7, 11) is 0. The molecule has 2 amide bonds. The third-order valence-corrected chi connectivity index (χ3v) is 2.05. The lowest BCUT2D eigenvalue weighted by Gasteiger charge is -2.08. The van der Waals surface area contributed by atoms with Gasteiger partial charge in [0.2, 0.25) is 5.91 Å². The van der Waals surface area contributed by atoms with E-state index in [9.17, 15) is 9.59 Å². The van der Waals surface area contributed by atoms with E-state index in [4.69, 9.17) is 5.73 Å². The molecule has 1 atom stereocenters. The molecule has 0 aliphatic rings. The number of hydrogen-bond acceptors (Lipinski definition) is 4. The minimum Gasteiger partial charge on any atom is -0.353 e. The number of carbonyl (C=O) groups excluding carboxylic acids is 2. The molecule has 0 unspecified atom stereocenters. The van der Waals surface area contributed by atoms with Crippen LogP contribution in [0.2, 0.25) is 0 Å². The highest BCUT2D eigenvalue weighted by Crippen LogP contribution is 1.93. The summed E-state index contributed by atoms with van der Waals surface area (Å²) in [4.78, 5) is 26.5. The van der Waals surface area contributed by atoms with Gasteiger partial charge in [-0.15, -0.1) is 24.8 Å². The van der Waals surface area contributed by atoms with E-state index in [-0.39, 0.29) is 36.6 Å². The van der Waals surface area contributed by atoms with Gasteiger partial charge in [-0.05, 0) is 19.1 Å². The number of aromatic nitrogens is 1. The molecule has 8 heteroatoms. The predicted molar refractivity (Wildman–Crippen MR) is 77.7 cm³/mol. The number of nitrogens with two attached hydrogens (primary N) is 1. The molecule has 0 bridgehead atoms. The number of amides is 2. The van der Waals surface area contributed by atoms with Crippen LogP contribution in [-0.4, -0.2) is 35.9 Å². The van der Waals surface area contributed by atoms with Crippen LogP contribution >= 0.6 is 24.8 Å². The molecule has 0 aliphatic carbocycles. The number of hydrogen-bond donors (Lipinski definition) is 3. The molecule has 0 radical (unpaired) electrons. The Bertz CT molecular complexity index is 388. The zero-order valence-corrected chi connectivity index (χ0v) is 12.1. The van der Waals surface area contributed by atoms with Crippen molar-refractivity contribution >= 4 is 36.6 Å². The number of nitrogens with zero attached hydrogens (tertiary/aromatic N) is 1. The molecule has 0 aromatic carbocycles. The molecular formula is C11H18Cl2N4O2. The molecule has 1 heterocycles. The van der Waals surface area contributed by atoms with Crippen LogP contribution in [0.15, 0.2) is 24.5 Å².